The topological polar surface area (TPSA) is 26.3 Å². The number of rotatable bonds is 6. The van der Waals surface area contributed by atoms with Crippen molar-refractivity contribution >= 4 is 5.78 Å². The van der Waals surface area contributed by atoms with Crippen molar-refractivity contribution in [2.45, 2.75) is 38.5 Å². The summed E-state index contributed by atoms with van der Waals surface area (Å²) >= 11 is 0. The summed E-state index contributed by atoms with van der Waals surface area (Å²) in [5.74, 6) is 1.59. The summed E-state index contributed by atoms with van der Waals surface area (Å²) < 4.78 is 5.35. The first-order valence-corrected chi connectivity index (χ1v) is 5.46. The van der Waals surface area contributed by atoms with Crippen LogP contribution in [0.3, 0.4) is 0 Å². The second-order valence-corrected chi connectivity index (χ2v) is 4.38. The van der Waals surface area contributed by atoms with E-state index in [4.69, 9.17) is 4.74 Å². The Morgan fingerprint density at radius 3 is 2.54 bits per heavy atom. The van der Waals surface area contributed by atoms with Crippen LogP contribution >= 0.6 is 0 Å². The molecular formula is C11H18O2. The van der Waals surface area contributed by atoms with Gasteiger partial charge in [-0.05, 0) is 25.2 Å². The molecule has 0 unspecified atom stereocenters. The van der Waals surface area contributed by atoms with E-state index in [1.54, 1.807) is 0 Å². The monoisotopic (exact) mass is 182 g/mol. The minimum Gasteiger partial charge on any atom is -0.374 e. The largest absolute Gasteiger partial charge is 0.374 e. The van der Waals surface area contributed by atoms with E-state index in [9.17, 15) is 4.79 Å². The van der Waals surface area contributed by atoms with E-state index in [2.05, 4.69) is 0 Å². The molecule has 0 aromatic rings. The number of ether oxygens (including phenoxy) is 1. The van der Waals surface area contributed by atoms with Gasteiger partial charge in [-0.25, -0.2) is 0 Å². The summed E-state index contributed by atoms with van der Waals surface area (Å²) in [6.45, 7) is 1.17. The van der Waals surface area contributed by atoms with Gasteiger partial charge in [0.05, 0.1) is 0 Å². The van der Waals surface area contributed by atoms with Crippen molar-refractivity contribution in [1.29, 1.82) is 0 Å². The third-order valence-electron chi connectivity index (χ3n) is 3.17. The van der Waals surface area contributed by atoms with Crippen molar-refractivity contribution in [3.05, 3.63) is 0 Å². The number of hydrogen-bond acceptors (Lipinski definition) is 2. The highest BCUT2D eigenvalue weighted by Crippen LogP contribution is 2.30. The summed E-state index contributed by atoms with van der Waals surface area (Å²) in [4.78, 5) is 11.2. The van der Waals surface area contributed by atoms with Crippen molar-refractivity contribution in [3.8, 4) is 0 Å². The van der Waals surface area contributed by atoms with Crippen molar-refractivity contribution in [2.24, 2.45) is 11.8 Å². The molecular weight excluding hydrogens is 164 g/mol. The fraction of sp³-hybridized carbons (Fsp3) is 0.909. The maximum Gasteiger partial charge on any atom is 0.161 e. The lowest BCUT2D eigenvalue weighted by Gasteiger charge is -2.24. The molecule has 0 amide bonds. The SMILES string of the molecule is O=C(COCCC1CCC1)C1CC1. The van der Waals surface area contributed by atoms with Crippen molar-refractivity contribution in [2.75, 3.05) is 13.2 Å². The highest BCUT2D eigenvalue weighted by atomic mass is 16.5. The van der Waals surface area contributed by atoms with Crippen LogP contribution in [-0.4, -0.2) is 19.0 Å². The zero-order chi connectivity index (χ0) is 9.10. The lowest BCUT2D eigenvalue weighted by atomic mass is 9.83. The maximum absolute atomic E-state index is 11.2. The molecule has 0 bridgehead atoms. The standard InChI is InChI=1S/C11H18O2/c12-11(10-4-5-10)8-13-7-6-9-2-1-3-9/h9-10H,1-8H2. The predicted octanol–water partition coefficient (Wildman–Crippen LogP) is 2.17. The van der Waals surface area contributed by atoms with E-state index < -0.39 is 0 Å². The van der Waals surface area contributed by atoms with Gasteiger partial charge in [0.15, 0.2) is 5.78 Å². The van der Waals surface area contributed by atoms with E-state index in [1.165, 1.54) is 19.3 Å². The Kier molecular flexibility index (Phi) is 2.99. The smallest absolute Gasteiger partial charge is 0.161 e. The van der Waals surface area contributed by atoms with Gasteiger partial charge in [-0.2, -0.15) is 0 Å². The summed E-state index contributed by atoms with van der Waals surface area (Å²) in [6, 6.07) is 0. The van der Waals surface area contributed by atoms with Crippen LogP contribution in [0.4, 0.5) is 0 Å². The molecule has 0 radical (unpaired) electrons. The van der Waals surface area contributed by atoms with Gasteiger partial charge in [0.1, 0.15) is 6.61 Å². The van der Waals surface area contributed by atoms with E-state index >= 15 is 0 Å². The average molecular weight is 182 g/mol. The highest BCUT2D eigenvalue weighted by molar-refractivity contribution is 5.84. The molecule has 2 nitrogen and oxygen atoms in total. The Morgan fingerprint density at radius 1 is 1.23 bits per heavy atom. The van der Waals surface area contributed by atoms with Gasteiger partial charge >= 0.3 is 0 Å². The second-order valence-electron chi connectivity index (χ2n) is 4.38. The van der Waals surface area contributed by atoms with Gasteiger partial charge in [-0.3, -0.25) is 4.79 Å². The van der Waals surface area contributed by atoms with Gasteiger partial charge in [0.2, 0.25) is 0 Å². The van der Waals surface area contributed by atoms with Gasteiger partial charge in [-0.15, -0.1) is 0 Å². The molecule has 0 aromatic carbocycles. The molecule has 0 N–H and O–H groups in total. The molecule has 0 heterocycles. The lowest BCUT2D eigenvalue weighted by molar-refractivity contribution is -0.125. The molecule has 13 heavy (non-hydrogen) atoms. The summed E-state index contributed by atoms with van der Waals surface area (Å²) in [6.07, 6.45) is 7.51. The molecule has 2 rings (SSSR count). The van der Waals surface area contributed by atoms with E-state index in [0.717, 1.165) is 31.8 Å². The van der Waals surface area contributed by atoms with Crippen molar-refractivity contribution in [1.82, 2.24) is 0 Å². The van der Waals surface area contributed by atoms with Crippen LogP contribution in [0.15, 0.2) is 0 Å². The van der Waals surface area contributed by atoms with Gasteiger partial charge in [-0.1, -0.05) is 19.3 Å². The van der Waals surface area contributed by atoms with Gasteiger partial charge < -0.3 is 4.74 Å². The van der Waals surface area contributed by atoms with Crippen LogP contribution in [0, 0.1) is 11.8 Å². The van der Waals surface area contributed by atoms with Crippen LogP contribution < -0.4 is 0 Å². The number of carbonyl (C=O) groups excluding carboxylic acids is 1. The number of ketones is 1. The molecule has 2 saturated carbocycles. The highest BCUT2D eigenvalue weighted by Gasteiger charge is 2.29. The normalized spacial score (nSPS) is 22.8. The molecule has 0 atom stereocenters. The molecule has 0 aliphatic heterocycles. The lowest BCUT2D eigenvalue weighted by Crippen LogP contribution is -2.16. The summed E-state index contributed by atoms with van der Waals surface area (Å²) in [5, 5.41) is 0. The third-order valence-corrected chi connectivity index (χ3v) is 3.17. The summed E-state index contributed by atoms with van der Waals surface area (Å²) in [7, 11) is 0. The first-order valence-electron chi connectivity index (χ1n) is 5.46. The fourth-order valence-electron chi connectivity index (χ4n) is 1.73. The zero-order valence-electron chi connectivity index (χ0n) is 8.13. The van der Waals surface area contributed by atoms with Crippen LogP contribution in [0.2, 0.25) is 0 Å². The minimum absolute atomic E-state index is 0.327. The molecule has 0 spiro atoms. The molecule has 74 valence electrons. The zero-order valence-corrected chi connectivity index (χ0v) is 8.13. The molecule has 2 aliphatic rings. The van der Waals surface area contributed by atoms with Gasteiger partial charge in [0.25, 0.3) is 0 Å². The predicted molar refractivity (Wildman–Crippen MR) is 50.5 cm³/mol. The van der Waals surface area contributed by atoms with E-state index in [1.807, 2.05) is 0 Å². The van der Waals surface area contributed by atoms with Crippen LogP contribution in [-0.2, 0) is 9.53 Å². The molecule has 2 aliphatic carbocycles. The molecule has 2 fully saturated rings. The third kappa shape index (κ3) is 2.80. The molecule has 0 saturated heterocycles. The quantitative estimate of drug-likeness (QED) is 0.588. The molecule has 0 aromatic heterocycles. The Morgan fingerprint density at radius 2 is 2.00 bits per heavy atom. The Bertz CT molecular complexity index is 181. The molecule has 2 heteroatoms. The van der Waals surface area contributed by atoms with Gasteiger partial charge in [0, 0.05) is 12.5 Å². The first-order chi connectivity index (χ1) is 6.36. The number of hydrogen-bond donors (Lipinski definition) is 0. The minimum atomic E-state index is 0.327. The maximum atomic E-state index is 11.2. The second kappa shape index (κ2) is 4.23. The first kappa shape index (κ1) is 9.20. The number of Topliss-reactive ketones (excluding diaryl/α,β-unsaturated/α-hetero) is 1. The number of carbonyl (C=O) groups is 1. The summed E-state index contributed by atoms with van der Waals surface area (Å²) in [5.41, 5.74) is 0. The van der Waals surface area contributed by atoms with Crippen LogP contribution in [0.5, 0.6) is 0 Å². The van der Waals surface area contributed by atoms with Crippen molar-refractivity contribution in [3.63, 3.8) is 0 Å². The van der Waals surface area contributed by atoms with E-state index in [0.29, 0.717) is 18.3 Å². The average Bonchev–Trinajstić information content (AvgIpc) is 2.82. The fourth-order valence-corrected chi connectivity index (χ4v) is 1.73. The van der Waals surface area contributed by atoms with Crippen LogP contribution in [0.1, 0.15) is 38.5 Å². The van der Waals surface area contributed by atoms with Crippen LogP contribution in [0.25, 0.3) is 0 Å². The van der Waals surface area contributed by atoms with E-state index in [-0.39, 0.29) is 0 Å². The Balaban J connectivity index is 1.45. The Labute approximate surface area is 79.7 Å². The Hall–Kier alpha value is -0.370. The van der Waals surface area contributed by atoms with Crippen molar-refractivity contribution < 1.29 is 9.53 Å².